The standard InChI is InChI=1S/C20H25N3O2/c1-4-23-17-8-6-5-7-16(17)22-20(23)15(13-21)11-14-9-10-18(24-2)19(12-14)25-3/h5-10,12,15H,4,11,13,21H2,1-3H3. The summed E-state index contributed by atoms with van der Waals surface area (Å²) in [6.45, 7) is 3.55. The van der Waals surface area contributed by atoms with Gasteiger partial charge in [0.05, 0.1) is 25.3 Å². The second-order valence-corrected chi connectivity index (χ2v) is 6.03. The minimum absolute atomic E-state index is 0.144. The first-order valence-corrected chi connectivity index (χ1v) is 8.57. The lowest BCUT2D eigenvalue weighted by Crippen LogP contribution is -2.19. The third kappa shape index (κ3) is 3.33. The van der Waals surface area contributed by atoms with E-state index >= 15 is 0 Å². The SMILES string of the molecule is CCn1c(C(CN)Cc2ccc(OC)c(OC)c2)nc2ccccc21. The first-order chi connectivity index (χ1) is 12.2. The molecule has 5 heteroatoms. The number of methoxy groups -OCH3 is 2. The molecule has 0 fully saturated rings. The fourth-order valence-electron chi connectivity index (χ4n) is 3.31. The average Bonchev–Trinajstić information content (AvgIpc) is 3.04. The summed E-state index contributed by atoms with van der Waals surface area (Å²) in [5.74, 6) is 2.66. The van der Waals surface area contributed by atoms with E-state index in [0.717, 1.165) is 46.9 Å². The first kappa shape index (κ1) is 17.3. The van der Waals surface area contributed by atoms with E-state index in [2.05, 4.69) is 29.7 Å². The normalized spacial score (nSPS) is 12.3. The number of fused-ring (bicyclic) bond motifs is 1. The number of nitrogens with two attached hydrogens (primary N) is 1. The van der Waals surface area contributed by atoms with Gasteiger partial charge >= 0.3 is 0 Å². The quantitative estimate of drug-likeness (QED) is 0.717. The van der Waals surface area contributed by atoms with Crippen molar-refractivity contribution in [2.45, 2.75) is 25.8 Å². The highest BCUT2D eigenvalue weighted by Gasteiger charge is 2.19. The van der Waals surface area contributed by atoms with Crippen LogP contribution in [0.4, 0.5) is 0 Å². The third-order valence-corrected chi connectivity index (χ3v) is 4.58. The fraction of sp³-hybridized carbons (Fsp3) is 0.350. The van der Waals surface area contributed by atoms with Gasteiger partial charge in [0.2, 0.25) is 0 Å². The zero-order valence-electron chi connectivity index (χ0n) is 15.0. The van der Waals surface area contributed by atoms with Gasteiger partial charge in [-0.3, -0.25) is 0 Å². The van der Waals surface area contributed by atoms with Crippen LogP contribution >= 0.6 is 0 Å². The highest BCUT2D eigenvalue weighted by molar-refractivity contribution is 5.76. The average molecular weight is 339 g/mol. The Balaban J connectivity index is 1.96. The molecule has 2 aromatic carbocycles. The summed E-state index contributed by atoms with van der Waals surface area (Å²) < 4.78 is 13.0. The number of hydrogen-bond donors (Lipinski definition) is 1. The van der Waals surface area contributed by atoms with E-state index in [4.69, 9.17) is 20.2 Å². The minimum Gasteiger partial charge on any atom is -0.493 e. The number of benzene rings is 2. The van der Waals surface area contributed by atoms with Crippen LogP contribution in [-0.4, -0.2) is 30.3 Å². The second-order valence-electron chi connectivity index (χ2n) is 6.03. The van der Waals surface area contributed by atoms with Crippen molar-refractivity contribution in [2.24, 2.45) is 5.73 Å². The van der Waals surface area contributed by atoms with E-state index in [9.17, 15) is 0 Å². The summed E-state index contributed by atoms with van der Waals surface area (Å²) >= 11 is 0. The van der Waals surface area contributed by atoms with E-state index < -0.39 is 0 Å². The Bertz CT molecular complexity index is 857. The molecule has 0 aliphatic carbocycles. The molecule has 0 amide bonds. The minimum atomic E-state index is 0.144. The van der Waals surface area contributed by atoms with Crippen molar-refractivity contribution < 1.29 is 9.47 Å². The Labute approximate surface area is 148 Å². The summed E-state index contributed by atoms with van der Waals surface area (Å²) in [5, 5.41) is 0. The van der Waals surface area contributed by atoms with Crippen LogP contribution in [0.15, 0.2) is 42.5 Å². The highest BCUT2D eigenvalue weighted by Crippen LogP contribution is 2.30. The number of nitrogens with zero attached hydrogens (tertiary/aromatic N) is 2. The van der Waals surface area contributed by atoms with Crippen LogP contribution in [0.5, 0.6) is 11.5 Å². The molecule has 1 atom stereocenters. The Morgan fingerprint density at radius 3 is 2.52 bits per heavy atom. The molecule has 0 radical (unpaired) electrons. The number of aromatic nitrogens is 2. The van der Waals surface area contributed by atoms with Crippen molar-refractivity contribution >= 4 is 11.0 Å². The number of hydrogen-bond acceptors (Lipinski definition) is 4. The zero-order chi connectivity index (χ0) is 17.8. The Morgan fingerprint density at radius 2 is 1.84 bits per heavy atom. The molecule has 0 spiro atoms. The molecule has 0 saturated carbocycles. The molecular formula is C20H25N3O2. The lowest BCUT2D eigenvalue weighted by Gasteiger charge is -2.17. The van der Waals surface area contributed by atoms with Crippen molar-refractivity contribution in [2.75, 3.05) is 20.8 Å². The summed E-state index contributed by atoms with van der Waals surface area (Å²) in [7, 11) is 3.29. The Hall–Kier alpha value is -2.53. The molecule has 3 aromatic rings. The number of ether oxygens (including phenoxy) is 2. The molecule has 1 heterocycles. The van der Waals surface area contributed by atoms with Crippen molar-refractivity contribution in [3.05, 3.63) is 53.9 Å². The highest BCUT2D eigenvalue weighted by atomic mass is 16.5. The van der Waals surface area contributed by atoms with Crippen LogP contribution in [0, 0.1) is 0 Å². The van der Waals surface area contributed by atoms with Gasteiger partial charge in [0.15, 0.2) is 11.5 Å². The van der Waals surface area contributed by atoms with Crippen LogP contribution in [-0.2, 0) is 13.0 Å². The number of rotatable bonds is 7. The predicted octanol–water partition coefficient (Wildman–Crippen LogP) is 3.36. The van der Waals surface area contributed by atoms with Gasteiger partial charge in [0.25, 0.3) is 0 Å². The summed E-state index contributed by atoms with van der Waals surface area (Å²) in [4.78, 5) is 4.85. The van der Waals surface area contributed by atoms with E-state index in [1.165, 1.54) is 0 Å². The van der Waals surface area contributed by atoms with Crippen LogP contribution in [0.3, 0.4) is 0 Å². The maximum absolute atomic E-state index is 6.12. The van der Waals surface area contributed by atoms with Crippen molar-refractivity contribution in [3.8, 4) is 11.5 Å². The van der Waals surface area contributed by atoms with Gasteiger partial charge in [-0.05, 0) is 43.2 Å². The van der Waals surface area contributed by atoms with E-state index in [0.29, 0.717) is 6.54 Å². The van der Waals surface area contributed by atoms with Gasteiger partial charge in [-0.15, -0.1) is 0 Å². The number of aryl methyl sites for hydroxylation is 1. The number of para-hydroxylation sites is 2. The molecule has 1 aromatic heterocycles. The fourth-order valence-corrected chi connectivity index (χ4v) is 3.31. The Morgan fingerprint density at radius 1 is 1.08 bits per heavy atom. The van der Waals surface area contributed by atoms with Gasteiger partial charge in [0, 0.05) is 19.0 Å². The molecular weight excluding hydrogens is 314 g/mol. The van der Waals surface area contributed by atoms with E-state index in [1.807, 2.05) is 24.3 Å². The summed E-state index contributed by atoms with van der Waals surface area (Å²) in [6.07, 6.45) is 0.806. The maximum Gasteiger partial charge on any atom is 0.160 e. The third-order valence-electron chi connectivity index (χ3n) is 4.58. The molecule has 0 bridgehead atoms. The molecule has 0 saturated heterocycles. The Kier molecular flexibility index (Phi) is 5.24. The lowest BCUT2D eigenvalue weighted by molar-refractivity contribution is 0.354. The predicted molar refractivity (Wildman–Crippen MR) is 100 cm³/mol. The van der Waals surface area contributed by atoms with Crippen LogP contribution in [0.1, 0.15) is 24.2 Å². The molecule has 1 unspecified atom stereocenters. The molecule has 0 aliphatic heterocycles. The molecule has 2 N–H and O–H groups in total. The topological polar surface area (TPSA) is 62.3 Å². The largest absolute Gasteiger partial charge is 0.493 e. The van der Waals surface area contributed by atoms with E-state index in [-0.39, 0.29) is 5.92 Å². The second kappa shape index (κ2) is 7.57. The molecule has 25 heavy (non-hydrogen) atoms. The lowest BCUT2D eigenvalue weighted by atomic mass is 9.98. The first-order valence-electron chi connectivity index (χ1n) is 8.57. The van der Waals surface area contributed by atoms with Crippen LogP contribution < -0.4 is 15.2 Å². The van der Waals surface area contributed by atoms with Crippen molar-refractivity contribution in [1.29, 1.82) is 0 Å². The van der Waals surface area contributed by atoms with Gasteiger partial charge in [-0.2, -0.15) is 0 Å². The van der Waals surface area contributed by atoms with Crippen molar-refractivity contribution in [1.82, 2.24) is 9.55 Å². The van der Waals surface area contributed by atoms with Gasteiger partial charge in [-0.1, -0.05) is 18.2 Å². The van der Waals surface area contributed by atoms with Gasteiger partial charge < -0.3 is 19.8 Å². The van der Waals surface area contributed by atoms with Gasteiger partial charge in [0.1, 0.15) is 5.82 Å². The summed E-state index contributed by atoms with van der Waals surface area (Å²) in [6, 6.07) is 14.2. The number of imidazole rings is 1. The van der Waals surface area contributed by atoms with Gasteiger partial charge in [-0.25, -0.2) is 4.98 Å². The molecule has 3 rings (SSSR count). The van der Waals surface area contributed by atoms with Crippen LogP contribution in [0.25, 0.3) is 11.0 Å². The summed E-state index contributed by atoms with van der Waals surface area (Å²) in [5.41, 5.74) is 9.45. The molecule has 0 aliphatic rings. The van der Waals surface area contributed by atoms with Crippen molar-refractivity contribution in [3.63, 3.8) is 0 Å². The van der Waals surface area contributed by atoms with E-state index in [1.54, 1.807) is 14.2 Å². The monoisotopic (exact) mass is 339 g/mol. The smallest absolute Gasteiger partial charge is 0.160 e. The molecule has 132 valence electrons. The molecule has 5 nitrogen and oxygen atoms in total. The zero-order valence-corrected chi connectivity index (χ0v) is 15.0. The maximum atomic E-state index is 6.12. The van der Waals surface area contributed by atoms with Crippen LogP contribution in [0.2, 0.25) is 0 Å².